The fraction of sp³-hybridized carbons (Fsp3) is 0.105. The summed E-state index contributed by atoms with van der Waals surface area (Å²) < 4.78 is 40.6. The van der Waals surface area contributed by atoms with Crippen LogP contribution in [0.15, 0.2) is 54.7 Å². The number of rotatable bonds is 3. The molecule has 1 N–H and O–H groups in total. The third-order valence-corrected chi connectivity index (χ3v) is 3.84. The highest BCUT2D eigenvalue weighted by Gasteiger charge is 2.37. The number of nitrogens with zero attached hydrogens (tertiary/aromatic N) is 2. The standard InChI is InChI=1S/C19H12F3N3O/c20-19(21,22)17-14-3-1-2-4-16(14)24-11-15(17)18(26)25-10-13-7-5-12(9-23)6-8-13/h1-8,11H,10H2,(H,25,26). The topological polar surface area (TPSA) is 65.8 Å². The number of nitriles is 1. The summed E-state index contributed by atoms with van der Waals surface area (Å²) >= 11 is 0. The fourth-order valence-corrected chi connectivity index (χ4v) is 2.59. The third-order valence-electron chi connectivity index (χ3n) is 3.84. The number of para-hydroxylation sites is 1. The largest absolute Gasteiger partial charge is 0.417 e. The molecule has 3 rings (SSSR count). The van der Waals surface area contributed by atoms with Gasteiger partial charge in [0.05, 0.1) is 28.3 Å². The van der Waals surface area contributed by atoms with Crippen LogP contribution in [-0.2, 0) is 12.7 Å². The van der Waals surface area contributed by atoms with Gasteiger partial charge in [0, 0.05) is 18.1 Å². The molecule has 0 atom stereocenters. The van der Waals surface area contributed by atoms with E-state index in [1.54, 1.807) is 30.3 Å². The number of alkyl halides is 3. The van der Waals surface area contributed by atoms with Gasteiger partial charge in [0.15, 0.2) is 0 Å². The van der Waals surface area contributed by atoms with E-state index in [4.69, 9.17) is 5.26 Å². The van der Waals surface area contributed by atoms with Gasteiger partial charge in [0.25, 0.3) is 5.91 Å². The Morgan fingerprint density at radius 3 is 2.46 bits per heavy atom. The first-order chi connectivity index (χ1) is 12.4. The molecule has 3 aromatic rings. The van der Waals surface area contributed by atoms with Crippen molar-refractivity contribution in [3.05, 3.63) is 77.0 Å². The van der Waals surface area contributed by atoms with E-state index in [-0.39, 0.29) is 17.4 Å². The Morgan fingerprint density at radius 2 is 1.81 bits per heavy atom. The van der Waals surface area contributed by atoms with Crippen molar-refractivity contribution >= 4 is 16.8 Å². The molecule has 0 saturated carbocycles. The highest BCUT2D eigenvalue weighted by molar-refractivity contribution is 6.00. The van der Waals surface area contributed by atoms with Gasteiger partial charge in [-0.2, -0.15) is 18.4 Å². The average Bonchev–Trinajstić information content (AvgIpc) is 2.64. The maximum atomic E-state index is 13.5. The van der Waals surface area contributed by atoms with Crippen molar-refractivity contribution in [2.75, 3.05) is 0 Å². The molecule has 0 bridgehead atoms. The van der Waals surface area contributed by atoms with E-state index < -0.39 is 23.2 Å². The van der Waals surface area contributed by atoms with Crippen LogP contribution in [0.2, 0.25) is 0 Å². The summed E-state index contributed by atoms with van der Waals surface area (Å²) in [4.78, 5) is 16.3. The molecule has 0 aliphatic heterocycles. The van der Waals surface area contributed by atoms with Crippen molar-refractivity contribution in [2.45, 2.75) is 12.7 Å². The van der Waals surface area contributed by atoms with Crippen LogP contribution in [-0.4, -0.2) is 10.9 Å². The lowest BCUT2D eigenvalue weighted by Gasteiger charge is -2.15. The van der Waals surface area contributed by atoms with Crippen molar-refractivity contribution in [1.82, 2.24) is 10.3 Å². The second-order valence-electron chi connectivity index (χ2n) is 5.55. The first-order valence-corrected chi connectivity index (χ1v) is 7.62. The number of carbonyl (C=O) groups is 1. The molecule has 2 aromatic carbocycles. The summed E-state index contributed by atoms with van der Waals surface area (Å²) in [7, 11) is 0. The predicted molar refractivity (Wildman–Crippen MR) is 89.1 cm³/mol. The van der Waals surface area contributed by atoms with E-state index in [0.29, 0.717) is 11.1 Å². The van der Waals surface area contributed by atoms with Crippen LogP contribution in [0.3, 0.4) is 0 Å². The van der Waals surface area contributed by atoms with E-state index in [1.165, 1.54) is 18.2 Å². The number of amides is 1. The normalized spacial score (nSPS) is 11.2. The van der Waals surface area contributed by atoms with Crippen LogP contribution in [0.4, 0.5) is 13.2 Å². The number of nitrogens with one attached hydrogen (secondary N) is 1. The summed E-state index contributed by atoms with van der Waals surface area (Å²) in [5.74, 6) is -0.861. The van der Waals surface area contributed by atoms with Crippen molar-refractivity contribution < 1.29 is 18.0 Å². The number of carbonyl (C=O) groups excluding carboxylic acids is 1. The monoisotopic (exact) mass is 355 g/mol. The molecule has 0 saturated heterocycles. The first kappa shape index (κ1) is 17.4. The van der Waals surface area contributed by atoms with Crippen LogP contribution in [0.25, 0.3) is 10.9 Å². The molecule has 0 unspecified atom stereocenters. The maximum Gasteiger partial charge on any atom is 0.417 e. The van der Waals surface area contributed by atoms with Crippen LogP contribution in [0.5, 0.6) is 0 Å². The highest BCUT2D eigenvalue weighted by atomic mass is 19.4. The zero-order valence-electron chi connectivity index (χ0n) is 13.3. The molecular weight excluding hydrogens is 343 g/mol. The second kappa shape index (κ2) is 6.84. The Kier molecular flexibility index (Phi) is 4.59. The van der Waals surface area contributed by atoms with Crippen LogP contribution in [0.1, 0.15) is 27.0 Å². The molecule has 1 amide bonds. The number of hydrogen-bond donors (Lipinski definition) is 1. The third kappa shape index (κ3) is 3.49. The van der Waals surface area contributed by atoms with Gasteiger partial charge in [-0.05, 0) is 23.8 Å². The number of halogens is 3. The minimum absolute atomic E-state index is 0.0364. The van der Waals surface area contributed by atoms with Gasteiger partial charge >= 0.3 is 6.18 Å². The zero-order chi connectivity index (χ0) is 18.7. The molecule has 1 aromatic heterocycles. The SMILES string of the molecule is N#Cc1ccc(CNC(=O)c2cnc3ccccc3c2C(F)(F)F)cc1. The molecule has 4 nitrogen and oxygen atoms in total. The Labute approximate surface area is 146 Å². The summed E-state index contributed by atoms with van der Waals surface area (Å²) in [5, 5.41) is 11.1. The summed E-state index contributed by atoms with van der Waals surface area (Å²) in [6.45, 7) is 0.0364. The maximum absolute atomic E-state index is 13.5. The van der Waals surface area contributed by atoms with Gasteiger partial charge < -0.3 is 5.32 Å². The summed E-state index contributed by atoms with van der Waals surface area (Å²) in [6.07, 6.45) is -3.75. The Morgan fingerprint density at radius 1 is 1.12 bits per heavy atom. The summed E-state index contributed by atoms with van der Waals surface area (Å²) in [6, 6.07) is 14.2. The minimum atomic E-state index is -4.69. The smallest absolute Gasteiger partial charge is 0.348 e. The number of hydrogen-bond acceptors (Lipinski definition) is 3. The van der Waals surface area contributed by atoms with Crippen LogP contribution in [0, 0.1) is 11.3 Å². The Hall–Kier alpha value is -3.40. The Balaban J connectivity index is 1.91. The fourth-order valence-electron chi connectivity index (χ4n) is 2.59. The van der Waals surface area contributed by atoms with Gasteiger partial charge in [-0.15, -0.1) is 0 Å². The molecule has 0 radical (unpaired) electrons. The van der Waals surface area contributed by atoms with E-state index in [0.717, 1.165) is 6.20 Å². The lowest BCUT2D eigenvalue weighted by molar-refractivity contribution is -0.136. The summed E-state index contributed by atoms with van der Waals surface area (Å²) in [5.41, 5.74) is -0.230. The van der Waals surface area contributed by atoms with E-state index in [2.05, 4.69) is 10.3 Å². The minimum Gasteiger partial charge on any atom is -0.348 e. The predicted octanol–water partition coefficient (Wildman–Crippen LogP) is 4.06. The van der Waals surface area contributed by atoms with E-state index in [9.17, 15) is 18.0 Å². The molecule has 130 valence electrons. The second-order valence-corrected chi connectivity index (χ2v) is 5.55. The molecule has 0 aliphatic rings. The van der Waals surface area contributed by atoms with Gasteiger partial charge in [-0.1, -0.05) is 30.3 Å². The zero-order valence-corrected chi connectivity index (χ0v) is 13.3. The number of aromatic nitrogens is 1. The quantitative estimate of drug-likeness (QED) is 0.771. The number of benzene rings is 2. The number of fused-ring (bicyclic) bond motifs is 1. The van der Waals surface area contributed by atoms with Crippen molar-refractivity contribution in [3.8, 4) is 6.07 Å². The molecule has 0 aliphatic carbocycles. The molecule has 0 spiro atoms. The van der Waals surface area contributed by atoms with Crippen LogP contribution < -0.4 is 5.32 Å². The lowest BCUT2D eigenvalue weighted by Crippen LogP contribution is -2.26. The van der Waals surface area contributed by atoms with Crippen molar-refractivity contribution in [1.29, 1.82) is 5.26 Å². The first-order valence-electron chi connectivity index (χ1n) is 7.62. The van der Waals surface area contributed by atoms with Gasteiger partial charge in [0.1, 0.15) is 0 Å². The number of pyridine rings is 1. The lowest BCUT2D eigenvalue weighted by atomic mass is 10.0. The highest BCUT2D eigenvalue weighted by Crippen LogP contribution is 2.36. The van der Waals surface area contributed by atoms with E-state index in [1.807, 2.05) is 6.07 Å². The molecule has 26 heavy (non-hydrogen) atoms. The Bertz CT molecular complexity index is 1010. The molecule has 1 heterocycles. The van der Waals surface area contributed by atoms with Gasteiger partial charge in [-0.3, -0.25) is 9.78 Å². The van der Waals surface area contributed by atoms with Crippen molar-refractivity contribution in [2.24, 2.45) is 0 Å². The van der Waals surface area contributed by atoms with Crippen LogP contribution >= 0.6 is 0 Å². The van der Waals surface area contributed by atoms with E-state index >= 15 is 0 Å². The van der Waals surface area contributed by atoms with Gasteiger partial charge in [-0.25, -0.2) is 0 Å². The molecule has 0 fully saturated rings. The molecular formula is C19H12F3N3O. The van der Waals surface area contributed by atoms with Crippen molar-refractivity contribution in [3.63, 3.8) is 0 Å². The van der Waals surface area contributed by atoms with Gasteiger partial charge in [0.2, 0.25) is 0 Å². The molecule has 7 heteroatoms. The average molecular weight is 355 g/mol.